The normalized spacial score (nSPS) is 19.7. The van der Waals surface area contributed by atoms with Crippen LogP contribution in [0.25, 0.3) is 0 Å². The molecule has 0 radical (unpaired) electrons. The highest BCUT2D eigenvalue weighted by Gasteiger charge is 2.64. The van der Waals surface area contributed by atoms with Crippen LogP contribution in [0.5, 0.6) is 0 Å². The number of carbonyl (C=O) groups is 1. The molecule has 1 heterocycles. The Hall–Kier alpha value is -1.10. The van der Waals surface area contributed by atoms with Gasteiger partial charge in [-0.05, 0) is 42.1 Å². The number of carbonyl (C=O) groups excluding carboxylic acids is 1. The van der Waals surface area contributed by atoms with Crippen molar-refractivity contribution < 1.29 is 9.53 Å². The van der Waals surface area contributed by atoms with Gasteiger partial charge in [0.25, 0.3) is 0 Å². The van der Waals surface area contributed by atoms with Crippen LogP contribution >= 0.6 is 11.5 Å². The topological polar surface area (TPSA) is 51.2 Å². The minimum absolute atomic E-state index is 0.282. The first-order valence-electron chi connectivity index (χ1n) is 7.10. The number of esters is 1. The number of aromatic nitrogens is 1. The quantitative estimate of drug-likeness (QED) is 0.841. The Kier molecular flexibility index (Phi) is 3.84. The number of nitrogens with one attached hydrogen (secondary N) is 1. The van der Waals surface area contributed by atoms with E-state index in [9.17, 15) is 4.79 Å². The molecule has 2 rings (SSSR count). The molecule has 0 atom stereocenters. The molecule has 0 unspecified atom stereocenters. The third-order valence-electron chi connectivity index (χ3n) is 5.13. The van der Waals surface area contributed by atoms with Crippen molar-refractivity contribution in [2.24, 2.45) is 16.7 Å². The Morgan fingerprint density at radius 1 is 1.35 bits per heavy atom. The van der Waals surface area contributed by atoms with E-state index >= 15 is 0 Å². The summed E-state index contributed by atoms with van der Waals surface area (Å²) in [5.41, 5.74) is 2.01. The zero-order chi connectivity index (χ0) is 15.1. The summed E-state index contributed by atoms with van der Waals surface area (Å²) in [4.78, 5) is 12.0. The molecule has 0 aliphatic heterocycles. The van der Waals surface area contributed by atoms with E-state index in [1.54, 1.807) is 0 Å². The van der Waals surface area contributed by atoms with Crippen LogP contribution in [0.4, 0.5) is 5.00 Å². The molecule has 0 aromatic carbocycles. The van der Waals surface area contributed by atoms with Crippen LogP contribution in [-0.2, 0) is 4.74 Å². The van der Waals surface area contributed by atoms with Gasteiger partial charge in [-0.3, -0.25) is 0 Å². The van der Waals surface area contributed by atoms with Crippen LogP contribution in [0.1, 0.15) is 50.7 Å². The third kappa shape index (κ3) is 2.32. The first-order valence-corrected chi connectivity index (χ1v) is 7.88. The van der Waals surface area contributed by atoms with E-state index in [0.29, 0.717) is 28.9 Å². The highest BCUT2D eigenvalue weighted by Crippen LogP contribution is 2.68. The summed E-state index contributed by atoms with van der Waals surface area (Å²) in [7, 11) is 0. The summed E-state index contributed by atoms with van der Waals surface area (Å²) in [5, 5.41) is 4.23. The summed E-state index contributed by atoms with van der Waals surface area (Å²) in [5.74, 6) is 0.322. The molecule has 0 bridgehead atoms. The number of anilines is 1. The lowest BCUT2D eigenvalue weighted by atomic mass is 10.0. The molecule has 0 amide bonds. The third-order valence-corrected chi connectivity index (χ3v) is 6.02. The van der Waals surface area contributed by atoms with Crippen LogP contribution < -0.4 is 5.32 Å². The fourth-order valence-electron chi connectivity index (χ4n) is 2.97. The van der Waals surface area contributed by atoms with E-state index in [1.807, 2.05) is 13.8 Å². The monoisotopic (exact) mass is 296 g/mol. The van der Waals surface area contributed by atoms with Crippen molar-refractivity contribution in [2.75, 3.05) is 18.5 Å². The second kappa shape index (κ2) is 5.02. The van der Waals surface area contributed by atoms with Gasteiger partial charge < -0.3 is 10.1 Å². The van der Waals surface area contributed by atoms with Gasteiger partial charge in [-0.2, -0.15) is 4.37 Å². The van der Waals surface area contributed by atoms with Gasteiger partial charge in [0.1, 0.15) is 10.6 Å². The van der Waals surface area contributed by atoms with Crippen molar-refractivity contribution in [1.29, 1.82) is 0 Å². The molecule has 1 aliphatic rings. The highest BCUT2D eigenvalue weighted by atomic mass is 32.1. The smallest absolute Gasteiger partial charge is 0.343 e. The molecule has 0 saturated heterocycles. The zero-order valence-electron chi connectivity index (χ0n) is 13.2. The van der Waals surface area contributed by atoms with Crippen LogP contribution in [0.2, 0.25) is 0 Å². The Bertz CT molecular complexity index is 506. The molecule has 1 aromatic heterocycles. The van der Waals surface area contributed by atoms with E-state index in [1.165, 1.54) is 11.5 Å². The van der Waals surface area contributed by atoms with Crippen LogP contribution in [0.15, 0.2) is 0 Å². The van der Waals surface area contributed by atoms with E-state index in [4.69, 9.17) is 4.74 Å². The van der Waals surface area contributed by atoms with Crippen molar-refractivity contribution >= 4 is 22.5 Å². The zero-order valence-corrected chi connectivity index (χ0v) is 14.0. The van der Waals surface area contributed by atoms with Crippen molar-refractivity contribution in [2.45, 2.75) is 41.5 Å². The molecule has 0 spiro atoms. The van der Waals surface area contributed by atoms with Gasteiger partial charge in [0.05, 0.1) is 12.3 Å². The number of aryl methyl sites for hydroxylation is 1. The van der Waals surface area contributed by atoms with E-state index in [0.717, 1.165) is 17.2 Å². The Morgan fingerprint density at radius 3 is 2.45 bits per heavy atom. The van der Waals surface area contributed by atoms with Crippen molar-refractivity contribution in [3.8, 4) is 0 Å². The van der Waals surface area contributed by atoms with E-state index in [-0.39, 0.29) is 5.97 Å². The van der Waals surface area contributed by atoms with E-state index < -0.39 is 0 Å². The summed E-state index contributed by atoms with van der Waals surface area (Å²) in [6.45, 7) is 14.1. The molecule has 1 N–H and O–H groups in total. The fraction of sp³-hybridized carbons (Fsp3) is 0.733. The van der Waals surface area contributed by atoms with Gasteiger partial charge in [0.2, 0.25) is 0 Å². The molecule has 1 aromatic rings. The Labute approximate surface area is 125 Å². The van der Waals surface area contributed by atoms with Crippen LogP contribution in [-0.4, -0.2) is 23.5 Å². The maximum absolute atomic E-state index is 12.0. The first-order chi connectivity index (χ1) is 9.23. The molecular weight excluding hydrogens is 272 g/mol. The molecule has 20 heavy (non-hydrogen) atoms. The fourth-order valence-corrected chi connectivity index (χ4v) is 3.76. The molecule has 1 fully saturated rings. The van der Waals surface area contributed by atoms with E-state index in [2.05, 4.69) is 37.4 Å². The van der Waals surface area contributed by atoms with Gasteiger partial charge in [-0.25, -0.2) is 4.79 Å². The molecule has 1 saturated carbocycles. The molecule has 112 valence electrons. The van der Waals surface area contributed by atoms with Gasteiger partial charge in [-0.1, -0.05) is 27.7 Å². The molecule has 5 heteroatoms. The minimum atomic E-state index is -0.282. The minimum Gasteiger partial charge on any atom is -0.462 e. The largest absolute Gasteiger partial charge is 0.462 e. The average molecular weight is 296 g/mol. The van der Waals surface area contributed by atoms with Crippen molar-refractivity contribution in [3.05, 3.63) is 11.3 Å². The van der Waals surface area contributed by atoms with Gasteiger partial charge >= 0.3 is 5.97 Å². The lowest BCUT2D eigenvalue weighted by molar-refractivity contribution is 0.0527. The predicted octanol–water partition coefficient (Wildman–Crippen LogP) is 3.72. The molecular formula is C15H24N2O2S. The van der Waals surface area contributed by atoms with Crippen molar-refractivity contribution in [3.63, 3.8) is 0 Å². The second-order valence-electron chi connectivity index (χ2n) is 6.57. The van der Waals surface area contributed by atoms with Gasteiger partial charge in [0.15, 0.2) is 0 Å². The predicted molar refractivity (Wildman–Crippen MR) is 82.3 cm³/mol. The standard InChI is InChI=1S/C15H24N2O2S/c1-7-19-13(18)11-9(2)17-20-12(11)16-8-10-14(3,4)15(10,5)6/h10,16H,7-8H2,1-6H3. The van der Waals surface area contributed by atoms with Crippen molar-refractivity contribution in [1.82, 2.24) is 4.37 Å². The van der Waals surface area contributed by atoms with Gasteiger partial charge in [0, 0.05) is 6.54 Å². The summed E-state index contributed by atoms with van der Waals surface area (Å²) < 4.78 is 9.37. The Morgan fingerprint density at radius 2 is 1.95 bits per heavy atom. The Balaban J connectivity index is 2.07. The lowest BCUT2D eigenvalue weighted by Crippen LogP contribution is -2.12. The number of hydrogen-bond acceptors (Lipinski definition) is 5. The summed E-state index contributed by atoms with van der Waals surface area (Å²) in [6, 6.07) is 0. The molecule has 1 aliphatic carbocycles. The molecule has 4 nitrogen and oxygen atoms in total. The van der Waals surface area contributed by atoms with Crippen LogP contribution in [0.3, 0.4) is 0 Å². The highest BCUT2D eigenvalue weighted by molar-refractivity contribution is 7.10. The summed E-state index contributed by atoms with van der Waals surface area (Å²) >= 11 is 1.34. The SMILES string of the molecule is CCOC(=O)c1c(C)nsc1NCC1C(C)(C)C1(C)C. The summed E-state index contributed by atoms with van der Waals surface area (Å²) in [6.07, 6.45) is 0. The number of ether oxygens (including phenoxy) is 1. The number of rotatable bonds is 5. The average Bonchev–Trinajstić information content (AvgIpc) is 2.62. The number of hydrogen-bond donors (Lipinski definition) is 1. The second-order valence-corrected chi connectivity index (χ2v) is 7.34. The van der Waals surface area contributed by atoms with Crippen LogP contribution in [0, 0.1) is 23.7 Å². The lowest BCUT2D eigenvalue weighted by Gasteiger charge is -2.08. The maximum atomic E-state index is 12.0. The number of nitrogens with zero attached hydrogens (tertiary/aromatic N) is 1. The van der Waals surface area contributed by atoms with Gasteiger partial charge in [-0.15, -0.1) is 0 Å². The maximum Gasteiger partial charge on any atom is 0.343 e. The first kappa shape index (κ1) is 15.3.